The van der Waals surface area contributed by atoms with Gasteiger partial charge in [-0.05, 0) is 37.1 Å². The minimum atomic E-state index is -0.249. The van der Waals surface area contributed by atoms with Gasteiger partial charge in [-0.1, -0.05) is 30.3 Å². The van der Waals surface area contributed by atoms with E-state index in [2.05, 4.69) is 31.2 Å². The van der Waals surface area contributed by atoms with E-state index in [-0.39, 0.29) is 17.7 Å². The molecular formula is C23H21N5O2S. The van der Waals surface area contributed by atoms with Crippen LogP contribution in [0.3, 0.4) is 0 Å². The first-order chi connectivity index (χ1) is 15.2. The summed E-state index contributed by atoms with van der Waals surface area (Å²) in [6, 6.07) is 18.0. The molecule has 5 rings (SSSR count). The third-order valence-electron chi connectivity index (χ3n) is 5.63. The number of carbonyl (C=O) groups excluding carboxylic acids is 2. The largest absolute Gasteiger partial charge is 0.355 e. The number of rotatable bonds is 4. The predicted octanol–water partition coefficient (Wildman–Crippen LogP) is 4.18. The van der Waals surface area contributed by atoms with Crippen LogP contribution in [-0.4, -0.2) is 43.5 Å². The van der Waals surface area contributed by atoms with Gasteiger partial charge in [0.1, 0.15) is 0 Å². The second-order valence-electron chi connectivity index (χ2n) is 7.72. The number of amides is 2. The Kier molecular flexibility index (Phi) is 5.21. The lowest BCUT2D eigenvalue weighted by Gasteiger charge is -2.31. The Labute approximate surface area is 183 Å². The van der Waals surface area contributed by atoms with Crippen LogP contribution >= 0.6 is 11.7 Å². The number of nitrogens with one attached hydrogen (secondary N) is 2. The molecule has 0 saturated carbocycles. The topological polar surface area (TPSA) is 91.0 Å². The summed E-state index contributed by atoms with van der Waals surface area (Å²) < 4.78 is 7.92. The lowest BCUT2D eigenvalue weighted by atomic mass is 9.96. The highest BCUT2D eigenvalue weighted by atomic mass is 32.1. The molecule has 156 valence electrons. The molecule has 0 spiro atoms. The van der Waals surface area contributed by atoms with E-state index in [0.717, 1.165) is 52.4 Å². The van der Waals surface area contributed by atoms with Gasteiger partial charge < -0.3 is 15.2 Å². The lowest BCUT2D eigenvalue weighted by Crippen LogP contribution is -2.43. The zero-order valence-electron chi connectivity index (χ0n) is 16.7. The average molecular weight is 432 g/mol. The summed E-state index contributed by atoms with van der Waals surface area (Å²) in [6.45, 7) is 1.03. The molecule has 1 aliphatic heterocycles. The molecule has 2 amide bonds. The van der Waals surface area contributed by atoms with E-state index >= 15 is 0 Å². The normalized spacial score (nSPS) is 16.4. The van der Waals surface area contributed by atoms with Crippen LogP contribution in [0.4, 0.5) is 5.69 Å². The Morgan fingerprint density at radius 1 is 1.13 bits per heavy atom. The number of carbonyl (C=O) groups is 2. The predicted molar refractivity (Wildman–Crippen MR) is 121 cm³/mol. The number of likely N-dealkylation sites (tertiary alicyclic amines) is 1. The van der Waals surface area contributed by atoms with E-state index < -0.39 is 0 Å². The Morgan fingerprint density at radius 3 is 2.87 bits per heavy atom. The van der Waals surface area contributed by atoms with E-state index in [9.17, 15) is 9.59 Å². The fraction of sp³-hybridized carbons (Fsp3) is 0.217. The van der Waals surface area contributed by atoms with Crippen molar-refractivity contribution >= 4 is 40.1 Å². The number of fused-ring (bicyclic) bond motifs is 1. The molecule has 1 fully saturated rings. The molecule has 1 saturated heterocycles. The summed E-state index contributed by atoms with van der Waals surface area (Å²) in [4.78, 5) is 30.6. The monoisotopic (exact) mass is 431 g/mol. The van der Waals surface area contributed by atoms with Crippen molar-refractivity contribution in [2.75, 3.05) is 18.4 Å². The number of nitrogens with zero attached hydrogens (tertiary/aromatic N) is 3. The summed E-state index contributed by atoms with van der Waals surface area (Å²) in [5.41, 5.74) is 4.17. The van der Waals surface area contributed by atoms with Crippen LogP contribution in [0.25, 0.3) is 22.2 Å². The Bertz CT molecular complexity index is 1200. The molecule has 3 heterocycles. The zero-order valence-corrected chi connectivity index (χ0v) is 17.6. The zero-order chi connectivity index (χ0) is 21.2. The minimum absolute atomic E-state index is 0.0669. The third-order valence-corrected chi connectivity index (χ3v) is 6.11. The highest BCUT2D eigenvalue weighted by Gasteiger charge is 2.29. The number of benzene rings is 2. The first kappa shape index (κ1) is 19.4. The van der Waals surface area contributed by atoms with Gasteiger partial charge in [0.15, 0.2) is 5.69 Å². The maximum atomic E-state index is 12.9. The second kappa shape index (κ2) is 8.31. The fourth-order valence-corrected chi connectivity index (χ4v) is 4.44. The summed E-state index contributed by atoms with van der Waals surface area (Å²) in [5.74, 6) is -0.476. The number of H-pyrrole nitrogens is 1. The van der Waals surface area contributed by atoms with Crippen LogP contribution in [0.5, 0.6) is 0 Å². The number of aromatic amines is 1. The van der Waals surface area contributed by atoms with Gasteiger partial charge in [-0.15, -0.1) is 0 Å². The highest BCUT2D eigenvalue weighted by Crippen LogP contribution is 2.27. The molecule has 0 unspecified atom stereocenters. The van der Waals surface area contributed by atoms with Gasteiger partial charge in [0.2, 0.25) is 5.91 Å². The van der Waals surface area contributed by atoms with Crippen molar-refractivity contribution in [2.45, 2.75) is 12.8 Å². The molecule has 7 nitrogen and oxygen atoms in total. The summed E-state index contributed by atoms with van der Waals surface area (Å²) in [5, 5.41) is 4.18. The molecule has 2 aromatic heterocycles. The molecule has 2 aromatic carbocycles. The van der Waals surface area contributed by atoms with Crippen molar-refractivity contribution in [1.82, 2.24) is 18.6 Å². The van der Waals surface area contributed by atoms with Gasteiger partial charge >= 0.3 is 0 Å². The first-order valence-electron chi connectivity index (χ1n) is 10.2. The maximum Gasteiger partial charge on any atom is 0.275 e. The van der Waals surface area contributed by atoms with Crippen LogP contribution in [0, 0.1) is 5.92 Å². The van der Waals surface area contributed by atoms with Crippen molar-refractivity contribution in [3.8, 4) is 11.3 Å². The third kappa shape index (κ3) is 4.06. The molecule has 0 bridgehead atoms. The van der Waals surface area contributed by atoms with Crippen molar-refractivity contribution in [2.24, 2.45) is 5.92 Å². The van der Waals surface area contributed by atoms with E-state index in [1.807, 2.05) is 42.5 Å². The number of hydrogen-bond acceptors (Lipinski definition) is 5. The minimum Gasteiger partial charge on any atom is -0.355 e. The van der Waals surface area contributed by atoms with Crippen molar-refractivity contribution in [1.29, 1.82) is 0 Å². The molecular weight excluding hydrogens is 410 g/mol. The number of para-hydroxylation sites is 1. The standard InChI is InChI=1S/C23H21N5O2S/c29-22(17-7-4-10-28(14-17)23(30)21-13-24-31-27-21)25-18-8-3-6-15(11-18)20-12-16-5-1-2-9-19(16)26-20/h1-3,5-6,8-9,11-13,17,26H,4,7,10,14H2,(H,25,29)/t17-/m0/s1. The van der Waals surface area contributed by atoms with Crippen molar-refractivity contribution in [3.63, 3.8) is 0 Å². The molecule has 0 radical (unpaired) electrons. The van der Waals surface area contributed by atoms with Gasteiger partial charge in [0, 0.05) is 40.9 Å². The number of piperidine rings is 1. The fourth-order valence-electron chi connectivity index (χ4n) is 4.03. The molecule has 1 atom stereocenters. The molecule has 4 aromatic rings. The van der Waals surface area contributed by atoms with Gasteiger partial charge in [-0.3, -0.25) is 9.59 Å². The van der Waals surface area contributed by atoms with Crippen molar-refractivity contribution in [3.05, 3.63) is 66.5 Å². The number of anilines is 1. The number of aromatic nitrogens is 3. The SMILES string of the molecule is O=C(Nc1cccc(-c2cc3ccccc3[nH]2)c1)[C@H]1CCCN(C(=O)c2cnsn2)C1. The van der Waals surface area contributed by atoms with Crippen LogP contribution < -0.4 is 5.32 Å². The van der Waals surface area contributed by atoms with E-state index in [4.69, 9.17) is 0 Å². The molecule has 8 heteroatoms. The van der Waals surface area contributed by atoms with Crippen LogP contribution in [0.15, 0.2) is 60.8 Å². The highest BCUT2D eigenvalue weighted by molar-refractivity contribution is 6.99. The van der Waals surface area contributed by atoms with Gasteiger partial charge in [-0.2, -0.15) is 8.75 Å². The second-order valence-corrected chi connectivity index (χ2v) is 8.28. The summed E-state index contributed by atoms with van der Waals surface area (Å²) >= 11 is 1.01. The van der Waals surface area contributed by atoms with Crippen LogP contribution in [-0.2, 0) is 4.79 Å². The average Bonchev–Trinajstić information content (AvgIpc) is 3.49. The Morgan fingerprint density at radius 2 is 2.03 bits per heavy atom. The summed E-state index contributed by atoms with van der Waals surface area (Å²) in [7, 11) is 0. The molecule has 1 aliphatic rings. The van der Waals surface area contributed by atoms with Gasteiger partial charge in [-0.25, -0.2) is 0 Å². The van der Waals surface area contributed by atoms with Gasteiger partial charge in [0.25, 0.3) is 5.91 Å². The Hall–Kier alpha value is -3.52. The first-order valence-corrected chi connectivity index (χ1v) is 11.0. The molecule has 31 heavy (non-hydrogen) atoms. The van der Waals surface area contributed by atoms with E-state index in [1.165, 1.54) is 6.20 Å². The smallest absolute Gasteiger partial charge is 0.275 e. The quantitative estimate of drug-likeness (QED) is 0.507. The van der Waals surface area contributed by atoms with Gasteiger partial charge in [0.05, 0.1) is 23.8 Å². The molecule has 0 aliphatic carbocycles. The molecule has 2 N–H and O–H groups in total. The lowest BCUT2D eigenvalue weighted by molar-refractivity contribution is -0.121. The van der Waals surface area contributed by atoms with Crippen molar-refractivity contribution < 1.29 is 9.59 Å². The van der Waals surface area contributed by atoms with Crippen LogP contribution in [0.2, 0.25) is 0 Å². The van der Waals surface area contributed by atoms with Crippen LogP contribution in [0.1, 0.15) is 23.3 Å². The van der Waals surface area contributed by atoms with E-state index in [0.29, 0.717) is 18.8 Å². The summed E-state index contributed by atoms with van der Waals surface area (Å²) in [6.07, 6.45) is 3.02. The number of hydrogen-bond donors (Lipinski definition) is 2. The maximum absolute atomic E-state index is 12.9. The van der Waals surface area contributed by atoms with E-state index in [1.54, 1.807) is 4.90 Å². The Balaban J connectivity index is 1.29.